The molecule has 2 aliphatic rings. The zero-order valence-corrected chi connectivity index (χ0v) is 6.51. The fourth-order valence-electron chi connectivity index (χ4n) is 1.86. The summed E-state index contributed by atoms with van der Waals surface area (Å²) in [7, 11) is 0. The van der Waals surface area contributed by atoms with Crippen LogP contribution in [0.15, 0.2) is 0 Å². The standard InChI is InChI=1S/C7H14N2O2/c8-6-9-10-5-7(11-6)3-1-2-4-7/h6,9H,1-5,8H2. The Labute approximate surface area is 66.0 Å². The van der Waals surface area contributed by atoms with Gasteiger partial charge in [0.05, 0.1) is 12.2 Å². The van der Waals surface area contributed by atoms with Crippen LogP contribution in [0.2, 0.25) is 0 Å². The van der Waals surface area contributed by atoms with Crippen molar-refractivity contribution in [2.24, 2.45) is 5.73 Å². The Balaban J connectivity index is 2.00. The summed E-state index contributed by atoms with van der Waals surface area (Å²) in [5.74, 6) is 0. The number of hydrogen-bond acceptors (Lipinski definition) is 4. The minimum Gasteiger partial charge on any atom is -0.339 e. The molecule has 0 radical (unpaired) electrons. The van der Waals surface area contributed by atoms with Gasteiger partial charge in [0, 0.05) is 0 Å². The van der Waals surface area contributed by atoms with Crippen molar-refractivity contribution in [1.29, 1.82) is 0 Å². The van der Waals surface area contributed by atoms with E-state index in [1.54, 1.807) is 0 Å². The third-order valence-corrected chi connectivity index (χ3v) is 2.43. The molecule has 0 aromatic rings. The van der Waals surface area contributed by atoms with Gasteiger partial charge in [0.15, 0.2) is 6.35 Å². The third-order valence-electron chi connectivity index (χ3n) is 2.43. The van der Waals surface area contributed by atoms with E-state index in [2.05, 4.69) is 5.48 Å². The van der Waals surface area contributed by atoms with Gasteiger partial charge in [-0.05, 0) is 12.8 Å². The maximum Gasteiger partial charge on any atom is 0.183 e. The van der Waals surface area contributed by atoms with E-state index in [1.807, 2.05) is 0 Å². The lowest BCUT2D eigenvalue weighted by molar-refractivity contribution is -0.241. The highest BCUT2D eigenvalue weighted by Gasteiger charge is 2.39. The van der Waals surface area contributed by atoms with E-state index in [4.69, 9.17) is 15.3 Å². The van der Waals surface area contributed by atoms with Crippen molar-refractivity contribution in [3.05, 3.63) is 0 Å². The second kappa shape index (κ2) is 2.71. The zero-order chi connectivity index (χ0) is 7.73. The Morgan fingerprint density at radius 2 is 2.09 bits per heavy atom. The first-order valence-electron chi connectivity index (χ1n) is 4.12. The minimum absolute atomic E-state index is 0.0648. The van der Waals surface area contributed by atoms with Gasteiger partial charge in [-0.3, -0.25) is 10.6 Å². The van der Waals surface area contributed by atoms with Gasteiger partial charge < -0.3 is 4.74 Å². The molecule has 1 unspecified atom stereocenters. The van der Waals surface area contributed by atoms with E-state index < -0.39 is 6.35 Å². The van der Waals surface area contributed by atoms with Crippen LogP contribution in [0.25, 0.3) is 0 Å². The molecule has 3 N–H and O–H groups in total. The molecule has 64 valence electrons. The van der Waals surface area contributed by atoms with E-state index in [9.17, 15) is 0 Å². The Morgan fingerprint density at radius 3 is 2.73 bits per heavy atom. The van der Waals surface area contributed by atoms with Crippen LogP contribution < -0.4 is 11.2 Å². The summed E-state index contributed by atoms with van der Waals surface area (Å²) >= 11 is 0. The van der Waals surface area contributed by atoms with Gasteiger partial charge in [0.1, 0.15) is 0 Å². The van der Waals surface area contributed by atoms with Gasteiger partial charge in [-0.1, -0.05) is 12.8 Å². The fraction of sp³-hybridized carbons (Fsp3) is 1.00. The summed E-state index contributed by atoms with van der Waals surface area (Å²) in [5.41, 5.74) is 8.05. The largest absolute Gasteiger partial charge is 0.339 e. The number of ether oxygens (including phenoxy) is 1. The molecule has 1 saturated heterocycles. The van der Waals surface area contributed by atoms with Crippen LogP contribution in [-0.2, 0) is 9.57 Å². The Bertz CT molecular complexity index is 145. The van der Waals surface area contributed by atoms with Crippen LogP contribution in [0.5, 0.6) is 0 Å². The van der Waals surface area contributed by atoms with Crippen molar-refractivity contribution in [2.45, 2.75) is 37.6 Å². The maximum absolute atomic E-state index is 5.58. The summed E-state index contributed by atoms with van der Waals surface area (Å²) in [6.07, 6.45) is 4.19. The van der Waals surface area contributed by atoms with Crippen molar-refractivity contribution in [3.63, 3.8) is 0 Å². The monoisotopic (exact) mass is 158 g/mol. The van der Waals surface area contributed by atoms with Crippen LogP contribution in [0.4, 0.5) is 0 Å². The van der Waals surface area contributed by atoms with Gasteiger partial charge in [-0.15, -0.1) is 0 Å². The highest BCUT2D eigenvalue weighted by Crippen LogP contribution is 2.34. The van der Waals surface area contributed by atoms with E-state index in [-0.39, 0.29) is 5.60 Å². The van der Waals surface area contributed by atoms with E-state index in [0.717, 1.165) is 12.8 Å². The lowest BCUT2D eigenvalue weighted by Crippen LogP contribution is -2.55. The van der Waals surface area contributed by atoms with Crippen molar-refractivity contribution in [1.82, 2.24) is 5.48 Å². The molecule has 0 aromatic carbocycles. The van der Waals surface area contributed by atoms with Crippen LogP contribution in [-0.4, -0.2) is 18.6 Å². The second-order valence-electron chi connectivity index (χ2n) is 3.34. The SMILES string of the molecule is NC1NOCC2(CCCC2)O1. The molecule has 1 heterocycles. The van der Waals surface area contributed by atoms with Crippen molar-refractivity contribution >= 4 is 0 Å². The highest BCUT2D eigenvalue weighted by molar-refractivity contribution is 4.87. The van der Waals surface area contributed by atoms with Gasteiger partial charge in [0.2, 0.25) is 0 Å². The third kappa shape index (κ3) is 1.39. The lowest BCUT2D eigenvalue weighted by atomic mass is 10.0. The molecule has 4 nitrogen and oxygen atoms in total. The smallest absolute Gasteiger partial charge is 0.183 e. The van der Waals surface area contributed by atoms with E-state index in [0.29, 0.717) is 6.61 Å². The molecular formula is C7H14N2O2. The average molecular weight is 158 g/mol. The molecule has 1 atom stereocenters. The highest BCUT2D eigenvalue weighted by atomic mass is 16.7. The topological polar surface area (TPSA) is 56.5 Å². The molecule has 1 aliphatic heterocycles. The Kier molecular flexibility index (Phi) is 1.85. The number of nitrogens with one attached hydrogen (secondary N) is 1. The normalized spacial score (nSPS) is 36.3. The van der Waals surface area contributed by atoms with Gasteiger partial charge >= 0.3 is 0 Å². The van der Waals surface area contributed by atoms with Crippen molar-refractivity contribution < 1.29 is 9.57 Å². The molecule has 0 amide bonds. The quantitative estimate of drug-likeness (QED) is 0.524. The molecule has 1 spiro atoms. The number of hydrogen-bond donors (Lipinski definition) is 2. The van der Waals surface area contributed by atoms with Crippen LogP contribution in [0, 0.1) is 0 Å². The first-order valence-corrected chi connectivity index (χ1v) is 4.12. The number of nitrogens with two attached hydrogens (primary N) is 1. The Hall–Kier alpha value is -0.160. The second-order valence-corrected chi connectivity index (χ2v) is 3.34. The van der Waals surface area contributed by atoms with Gasteiger partial charge in [-0.2, -0.15) is 5.48 Å². The Morgan fingerprint density at radius 1 is 1.36 bits per heavy atom. The summed E-state index contributed by atoms with van der Waals surface area (Å²) in [6.45, 7) is 0.640. The zero-order valence-electron chi connectivity index (χ0n) is 6.51. The molecule has 1 saturated carbocycles. The summed E-state index contributed by atoms with van der Waals surface area (Å²) in [4.78, 5) is 5.12. The molecule has 2 fully saturated rings. The predicted octanol–water partition coefficient (Wildman–Crippen LogP) is 0.0929. The first kappa shape index (κ1) is 7.49. The maximum atomic E-state index is 5.58. The molecule has 0 aromatic heterocycles. The van der Waals surface area contributed by atoms with Crippen molar-refractivity contribution in [3.8, 4) is 0 Å². The molecule has 1 aliphatic carbocycles. The van der Waals surface area contributed by atoms with Gasteiger partial charge in [0.25, 0.3) is 0 Å². The molecular weight excluding hydrogens is 144 g/mol. The van der Waals surface area contributed by atoms with Crippen LogP contribution in [0.1, 0.15) is 25.7 Å². The summed E-state index contributed by atoms with van der Waals surface area (Å²) in [6, 6.07) is 0. The molecule has 0 bridgehead atoms. The number of rotatable bonds is 0. The lowest BCUT2D eigenvalue weighted by Gasteiger charge is -2.36. The fourth-order valence-corrected chi connectivity index (χ4v) is 1.86. The average Bonchev–Trinajstić information content (AvgIpc) is 2.37. The summed E-state index contributed by atoms with van der Waals surface area (Å²) in [5, 5.41) is 0. The first-order chi connectivity index (χ1) is 5.31. The predicted molar refractivity (Wildman–Crippen MR) is 39.3 cm³/mol. The minimum atomic E-state index is -0.443. The number of hydroxylamine groups is 1. The molecule has 4 heteroatoms. The van der Waals surface area contributed by atoms with E-state index >= 15 is 0 Å². The van der Waals surface area contributed by atoms with Crippen molar-refractivity contribution in [2.75, 3.05) is 6.61 Å². The van der Waals surface area contributed by atoms with E-state index in [1.165, 1.54) is 12.8 Å². The molecule has 11 heavy (non-hydrogen) atoms. The van der Waals surface area contributed by atoms with Crippen LogP contribution >= 0.6 is 0 Å². The molecule has 2 rings (SSSR count). The van der Waals surface area contributed by atoms with Gasteiger partial charge in [-0.25, -0.2) is 0 Å². The van der Waals surface area contributed by atoms with Crippen LogP contribution in [0.3, 0.4) is 0 Å². The summed E-state index contributed by atoms with van der Waals surface area (Å²) < 4.78 is 5.58.